The number of oxazole rings is 1. The topological polar surface area (TPSA) is 52.2 Å². The van der Waals surface area contributed by atoms with Gasteiger partial charge in [-0.1, -0.05) is 6.92 Å². The Kier molecular flexibility index (Phi) is 3.57. The number of rotatable bonds is 4. The van der Waals surface area contributed by atoms with Crippen molar-refractivity contribution in [3.63, 3.8) is 0 Å². The standard InChI is InChI=1S/C13H14ClNO3/c1-3-6-15-10-5-4-9(12(16)8(2)14)7-11(10)18-13(15)17/h4-5,7-8H,3,6H2,1-2H3. The first kappa shape index (κ1) is 12.9. The average Bonchev–Trinajstić information content (AvgIpc) is 2.64. The molecule has 0 N–H and O–H groups in total. The van der Waals surface area contributed by atoms with E-state index in [0.717, 1.165) is 6.42 Å². The molecule has 1 aromatic heterocycles. The van der Waals surface area contributed by atoms with Gasteiger partial charge >= 0.3 is 5.76 Å². The Labute approximate surface area is 109 Å². The zero-order valence-electron chi connectivity index (χ0n) is 10.3. The molecule has 18 heavy (non-hydrogen) atoms. The van der Waals surface area contributed by atoms with E-state index in [9.17, 15) is 9.59 Å². The van der Waals surface area contributed by atoms with Crippen molar-refractivity contribution in [3.8, 4) is 0 Å². The molecule has 1 heterocycles. The lowest BCUT2D eigenvalue weighted by Gasteiger charge is -2.02. The highest BCUT2D eigenvalue weighted by Crippen LogP contribution is 2.17. The summed E-state index contributed by atoms with van der Waals surface area (Å²) in [6.07, 6.45) is 0.841. The number of aryl methyl sites for hydroxylation is 1. The minimum absolute atomic E-state index is 0.176. The first-order valence-corrected chi connectivity index (χ1v) is 6.30. The molecular formula is C13H14ClNO3. The molecule has 5 heteroatoms. The summed E-state index contributed by atoms with van der Waals surface area (Å²) in [6.45, 7) is 4.20. The van der Waals surface area contributed by atoms with Crippen molar-refractivity contribution in [2.75, 3.05) is 0 Å². The lowest BCUT2D eigenvalue weighted by Crippen LogP contribution is -2.13. The number of aromatic nitrogens is 1. The first-order valence-electron chi connectivity index (χ1n) is 5.86. The van der Waals surface area contributed by atoms with E-state index in [1.807, 2.05) is 6.92 Å². The summed E-state index contributed by atoms with van der Waals surface area (Å²) in [5.74, 6) is -0.570. The minimum atomic E-state index is -0.591. The van der Waals surface area contributed by atoms with Gasteiger partial charge in [-0.05, 0) is 31.5 Å². The van der Waals surface area contributed by atoms with Crippen LogP contribution in [-0.2, 0) is 6.54 Å². The van der Waals surface area contributed by atoms with Gasteiger partial charge in [-0.2, -0.15) is 0 Å². The summed E-state index contributed by atoms with van der Waals surface area (Å²) in [4.78, 5) is 23.4. The molecule has 1 atom stereocenters. The van der Waals surface area contributed by atoms with Crippen molar-refractivity contribution in [3.05, 3.63) is 34.3 Å². The van der Waals surface area contributed by atoms with Gasteiger partial charge < -0.3 is 4.42 Å². The molecule has 0 bridgehead atoms. The van der Waals surface area contributed by atoms with Crippen LogP contribution in [0.5, 0.6) is 0 Å². The zero-order chi connectivity index (χ0) is 13.3. The molecule has 2 rings (SSSR count). The molecule has 0 radical (unpaired) electrons. The lowest BCUT2D eigenvalue weighted by molar-refractivity contribution is 0.0992. The summed E-state index contributed by atoms with van der Waals surface area (Å²) in [5.41, 5.74) is 1.60. The number of hydrogen-bond donors (Lipinski definition) is 0. The number of carbonyl (C=O) groups is 1. The van der Waals surface area contributed by atoms with Crippen LogP contribution in [0.25, 0.3) is 11.1 Å². The molecular weight excluding hydrogens is 254 g/mol. The summed E-state index contributed by atoms with van der Waals surface area (Å²) < 4.78 is 6.70. The third-order valence-electron chi connectivity index (χ3n) is 2.76. The molecule has 2 aromatic rings. The summed E-state index contributed by atoms with van der Waals surface area (Å²) in [7, 11) is 0. The number of hydrogen-bond acceptors (Lipinski definition) is 3. The predicted octanol–water partition coefficient (Wildman–Crippen LogP) is 2.81. The Balaban J connectivity index is 2.54. The second-order valence-corrected chi connectivity index (χ2v) is 4.84. The first-order chi connectivity index (χ1) is 8.54. The maximum Gasteiger partial charge on any atom is 0.419 e. The maximum absolute atomic E-state index is 11.7. The van der Waals surface area contributed by atoms with Crippen molar-refractivity contribution in [2.45, 2.75) is 32.2 Å². The quantitative estimate of drug-likeness (QED) is 0.632. The summed E-state index contributed by atoms with van der Waals surface area (Å²) >= 11 is 5.75. The molecule has 0 saturated carbocycles. The van der Waals surface area contributed by atoms with E-state index >= 15 is 0 Å². The van der Waals surface area contributed by atoms with E-state index in [-0.39, 0.29) is 5.78 Å². The van der Waals surface area contributed by atoms with E-state index in [0.29, 0.717) is 23.2 Å². The van der Waals surface area contributed by atoms with E-state index < -0.39 is 11.1 Å². The highest BCUT2D eigenvalue weighted by molar-refractivity contribution is 6.33. The van der Waals surface area contributed by atoms with Crippen LogP contribution in [0.2, 0.25) is 0 Å². The minimum Gasteiger partial charge on any atom is -0.408 e. The van der Waals surface area contributed by atoms with Crippen LogP contribution in [0.3, 0.4) is 0 Å². The number of benzene rings is 1. The van der Waals surface area contributed by atoms with Crippen LogP contribution in [0.15, 0.2) is 27.4 Å². The number of carbonyl (C=O) groups excluding carboxylic acids is 1. The average molecular weight is 268 g/mol. The zero-order valence-corrected chi connectivity index (χ0v) is 11.0. The number of Topliss-reactive ketones (excluding diaryl/α,β-unsaturated/α-hetero) is 1. The lowest BCUT2D eigenvalue weighted by atomic mass is 10.1. The molecule has 0 aliphatic carbocycles. The molecule has 0 amide bonds. The van der Waals surface area contributed by atoms with E-state index in [2.05, 4.69) is 0 Å². The molecule has 0 fully saturated rings. The van der Waals surface area contributed by atoms with Crippen molar-refractivity contribution in [1.82, 2.24) is 4.57 Å². The number of nitrogens with zero attached hydrogens (tertiary/aromatic N) is 1. The van der Waals surface area contributed by atoms with Crippen LogP contribution in [0.4, 0.5) is 0 Å². The summed E-state index contributed by atoms with van der Waals surface area (Å²) in [6, 6.07) is 4.97. The van der Waals surface area contributed by atoms with Gasteiger partial charge in [-0.3, -0.25) is 9.36 Å². The Morgan fingerprint density at radius 3 is 2.83 bits per heavy atom. The fourth-order valence-electron chi connectivity index (χ4n) is 1.88. The van der Waals surface area contributed by atoms with Gasteiger partial charge in [0.25, 0.3) is 0 Å². The maximum atomic E-state index is 11.7. The summed E-state index contributed by atoms with van der Waals surface area (Å²) in [5, 5.41) is -0.591. The Bertz CT molecular complexity index is 639. The van der Waals surface area contributed by atoms with Crippen molar-refractivity contribution in [2.24, 2.45) is 0 Å². The molecule has 4 nitrogen and oxygen atoms in total. The normalized spacial score (nSPS) is 12.8. The van der Waals surface area contributed by atoms with Crippen LogP contribution in [0, 0.1) is 0 Å². The number of ketones is 1. The largest absolute Gasteiger partial charge is 0.419 e. The molecule has 96 valence electrons. The Morgan fingerprint density at radius 1 is 1.50 bits per heavy atom. The van der Waals surface area contributed by atoms with Crippen molar-refractivity contribution in [1.29, 1.82) is 0 Å². The number of halogens is 1. The number of fused-ring (bicyclic) bond motifs is 1. The van der Waals surface area contributed by atoms with Gasteiger partial charge in [0.2, 0.25) is 0 Å². The van der Waals surface area contributed by atoms with Gasteiger partial charge in [-0.25, -0.2) is 4.79 Å². The Hall–Kier alpha value is -1.55. The van der Waals surface area contributed by atoms with Crippen LogP contribution >= 0.6 is 11.6 Å². The van der Waals surface area contributed by atoms with Gasteiger partial charge in [0.1, 0.15) is 0 Å². The molecule has 0 aliphatic heterocycles. The highest BCUT2D eigenvalue weighted by Gasteiger charge is 2.15. The predicted molar refractivity (Wildman–Crippen MR) is 70.4 cm³/mol. The van der Waals surface area contributed by atoms with Crippen LogP contribution in [0.1, 0.15) is 30.6 Å². The SMILES string of the molecule is CCCn1c(=O)oc2cc(C(=O)C(C)Cl)ccc21. The highest BCUT2D eigenvalue weighted by atomic mass is 35.5. The van der Waals surface area contributed by atoms with E-state index in [1.54, 1.807) is 29.7 Å². The van der Waals surface area contributed by atoms with Crippen molar-refractivity contribution >= 4 is 28.5 Å². The van der Waals surface area contributed by atoms with Crippen LogP contribution < -0.4 is 5.76 Å². The second kappa shape index (κ2) is 4.98. The molecule has 0 spiro atoms. The number of alkyl halides is 1. The third kappa shape index (κ3) is 2.20. The second-order valence-electron chi connectivity index (χ2n) is 4.18. The Morgan fingerprint density at radius 2 is 2.22 bits per heavy atom. The van der Waals surface area contributed by atoms with Crippen LogP contribution in [-0.4, -0.2) is 15.7 Å². The monoisotopic (exact) mass is 267 g/mol. The fraction of sp³-hybridized carbons (Fsp3) is 0.385. The van der Waals surface area contributed by atoms with Gasteiger partial charge in [0, 0.05) is 12.1 Å². The molecule has 1 aromatic carbocycles. The molecule has 1 unspecified atom stereocenters. The molecule has 0 aliphatic rings. The third-order valence-corrected chi connectivity index (χ3v) is 2.96. The smallest absolute Gasteiger partial charge is 0.408 e. The van der Waals surface area contributed by atoms with Gasteiger partial charge in [0.05, 0.1) is 10.9 Å². The van der Waals surface area contributed by atoms with E-state index in [1.165, 1.54) is 0 Å². The molecule has 0 saturated heterocycles. The van der Waals surface area contributed by atoms with Gasteiger partial charge in [-0.15, -0.1) is 11.6 Å². The fourth-order valence-corrected chi connectivity index (χ4v) is 2.01. The van der Waals surface area contributed by atoms with Gasteiger partial charge in [0.15, 0.2) is 11.4 Å². The van der Waals surface area contributed by atoms with E-state index in [4.69, 9.17) is 16.0 Å². The van der Waals surface area contributed by atoms with Crippen molar-refractivity contribution < 1.29 is 9.21 Å².